The number of nitrogens with one attached hydrogen (secondary N) is 2. The number of halogens is 2. The van der Waals surface area contributed by atoms with Crippen LogP contribution < -0.4 is 16.4 Å². The van der Waals surface area contributed by atoms with E-state index in [1.807, 2.05) is 0 Å². The first-order valence-corrected chi connectivity index (χ1v) is 7.95. The second-order valence-corrected chi connectivity index (χ2v) is 5.55. The lowest BCUT2D eigenvalue weighted by Gasteiger charge is -2.12. The predicted molar refractivity (Wildman–Crippen MR) is 92.6 cm³/mol. The third-order valence-corrected chi connectivity index (χ3v) is 3.69. The van der Waals surface area contributed by atoms with Crippen molar-refractivity contribution < 1.29 is 9.02 Å². The SMILES string of the molecule is CC/C(N=O)=C(/Nc1ccc(F)c(Br)c1)c1nonc1NCCN. The van der Waals surface area contributed by atoms with Gasteiger partial charge < -0.3 is 16.4 Å². The van der Waals surface area contributed by atoms with Gasteiger partial charge in [-0.05, 0) is 56.0 Å². The Bertz CT molecular complexity index is 749. The number of aromatic nitrogens is 2. The number of rotatable bonds is 8. The van der Waals surface area contributed by atoms with Crippen molar-refractivity contribution in [2.45, 2.75) is 13.3 Å². The summed E-state index contributed by atoms with van der Waals surface area (Å²) >= 11 is 3.12. The lowest BCUT2D eigenvalue weighted by atomic mass is 10.2. The molecule has 0 fully saturated rings. The van der Waals surface area contributed by atoms with Crippen LogP contribution in [0.5, 0.6) is 0 Å². The van der Waals surface area contributed by atoms with Crippen molar-refractivity contribution in [1.82, 2.24) is 10.3 Å². The normalized spacial score (nSPS) is 11.8. The van der Waals surface area contributed by atoms with Crippen LogP contribution in [0.25, 0.3) is 5.70 Å². The number of hydrogen-bond acceptors (Lipinski definition) is 8. The highest BCUT2D eigenvalue weighted by Gasteiger charge is 2.19. The molecule has 128 valence electrons. The van der Waals surface area contributed by atoms with Crippen LogP contribution in [0.15, 0.2) is 38.2 Å². The summed E-state index contributed by atoms with van der Waals surface area (Å²) < 4.78 is 18.4. The molecule has 0 aliphatic rings. The Morgan fingerprint density at radius 1 is 1.46 bits per heavy atom. The van der Waals surface area contributed by atoms with Crippen molar-refractivity contribution in [3.05, 3.63) is 44.8 Å². The minimum absolute atomic E-state index is 0.224. The van der Waals surface area contributed by atoms with Crippen LogP contribution in [0, 0.1) is 10.7 Å². The molecule has 24 heavy (non-hydrogen) atoms. The van der Waals surface area contributed by atoms with Gasteiger partial charge in [0.15, 0.2) is 5.69 Å². The van der Waals surface area contributed by atoms with Crippen molar-refractivity contribution in [2.75, 3.05) is 23.7 Å². The fourth-order valence-electron chi connectivity index (χ4n) is 1.93. The van der Waals surface area contributed by atoms with E-state index < -0.39 is 5.82 Å². The van der Waals surface area contributed by atoms with E-state index >= 15 is 0 Å². The third kappa shape index (κ3) is 4.15. The van der Waals surface area contributed by atoms with Crippen molar-refractivity contribution >= 4 is 33.1 Å². The van der Waals surface area contributed by atoms with Gasteiger partial charge in [-0.2, -0.15) is 0 Å². The van der Waals surface area contributed by atoms with E-state index in [4.69, 9.17) is 10.4 Å². The highest BCUT2D eigenvalue weighted by Crippen LogP contribution is 2.29. The molecule has 1 heterocycles. The standard InChI is InChI=1S/C14H16BrFN6O2/c1-2-11(20-23)12(13-14(18-6-5-17)22-24-21-13)19-8-3-4-10(16)9(15)7-8/h3-4,7,19H,2,5-6,17H2,1H3,(H,18,22)/b12-11-. The van der Waals surface area contributed by atoms with Crippen LogP contribution in [0.4, 0.5) is 15.9 Å². The number of nitrogens with zero attached hydrogens (tertiary/aromatic N) is 3. The summed E-state index contributed by atoms with van der Waals surface area (Å²) in [6, 6.07) is 4.35. The molecule has 0 atom stereocenters. The summed E-state index contributed by atoms with van der Waals surface area (Å²) in [7, 11) is 0. The van der Waals surface area contributed by atoms with Gasteiger partial charge in [-0.25, -0.2) is 9.02 Å². The smallest absolute Gasteiger partial charge is 0.200 e. The van der Waals surface area contributed by atoms with E-state index in [1.54, 1.807) is 6.92 Å². The molecule has 0 aliphatic carbocycles. The lowest BCUT2D eigenvalue weighted by molar-refractivity contribution is 0.307. The maximum absolute atomic E-state index is 13.4. The Morgan fingerprint density at radius 2 is 2.25 bits per heavy atom. The molecule has 0 amide bonds. The highest BCUT2D eigenvalue weighted by atomic mass is 79.9. The summed E-state index contributed by atoms with van der Waals surface area (Å²) in [5.41, 5.74) is 6.84. The van der Waals surface area contributed by atoms with Crippen LogP contribution in [0.2, 0.25) is 0 Å². The molecule has 0 radical (unpaired) electrons. The Balaban J connectivity index is 2.43. The first-order valence-electron chi connectivity index (χ1n) is 7.16. The van der Waals surface area contributed by atoms with Gasteiger partial charge >= 0.3 is 0 Å². The Labute approximate surface area is 145 Å². The third-order valence-electron chi connectivity index (χ3n) is 3.08. The van der Waals surface area contributed by atoms with Gasteiger partial charge in [0, 0.05) is 18.8 Å². The van der Waals surface area contributed by atoms with Crippen molar-refractivity contribution in [3.8, 4) is 0 Å². The summed E-state index contributed by atoms with van der Waals surface area (Å²) in [5.74, 6) is -0.0672. The van der Waals surface area contributed by atoms with E-state index in [1.165, 1.54) is 18.2 Å². The summed E-state index contributed by atoms with van der Waals surface area (Å²) in [6.45, 7) is 2.61. The minimum atomic E-state index is -0.399. The molecule has 0 aliphatic heterocycles. The molecule has 10 heteroatoms. The van der Waals surface area contributed by atoms with Crippen LogP contribution in [0.1, 0.15) is 19.0 Å². The monoisotopic (exact) mass is 398 g/mol. The van der Waals surface area contributed by atoms with Crippen molar-refractivity contribution in [2.24, 2.45) is 10.9 Å². The molecule has 2 rings (SSSR count). The average molecular weight is 399 g/mol. The summed E-state index contributed by atoms with van der Waals surface area (Å²) in [4.78, 5) is 11.2. The zero-order valence-electron chi connectivity index (χ0n) is 12.8. The molecule has 1 aromatic heterocycles. The van der Waals surface area contributed by atoms with Crippen molar-refractivity contribution in [1.29, 1.82) is 0 Å². The first-order chi connectivity index (χ1) is 11.6. The Kier molecular flexibility index (Phi) is 6.38. The molecule has 0 bridgehead atoms. The average Bonchev–Trinajstić information content (AvgIpc) is 3.04. The number of hydrogen-bond donors (Lipinski definition) is 3. The molecule has 8 nitrogen and oxygen atoms in total. The van der Waals surface area contributed by atoms with E-state index in [2.05, 4.69) is 42.1 Å². The fourth-order valence-corrected chi connectivity index (χ4v) is 2.31. The van der Waals surface area contributed by atoms with E-state index in [-0.39, 0.29) is 10.2 Å². The van der Waals surface area contributed by atoms with Gasteiger partial charge in [0.25, 0.3) is 0 Å². The predicted octanol–water partition coefficient (Wildman–Crippen LogP) is 3.30. The number of nitrogens with two attached hydrogens (primary N) is 1. The van der Waals surface area contributed by atoms with E-state index in [9.17, 15) is 9.30 Å². The second kappa shape index (κ2) is 8.50. The highest BCUT2D eigenvalue weighted by molar-refractivity contribution is 9.10. The minimum Gasteiger partial charge on any atom is -0.364 e. The number of nitroso groups, excluding NO2 is 1. The number of benzene rings is 1. The zero-order chi connectivity index (χ0) is 17.5. The zero-order valence-corrected chi connectivity index (χ0v) is 14.4. The molecular formula is C14H16BrFN6O2. The van der Waals surface area contributed by atoms with Crippen LogP contribution in [-0.2, 0) is 0 Å². The Morgan fingerprint density at radius 3 is 2.88 bits per heavy atom. The number of allylic oxidation sites excluding steroid dienone is 1. The van der Waals surface area contributed by atoms with E-state index in [0.717, 1.165) is 0 Å². The molecule has 1 aromatic carbocycles. The maximum Gasteiger partial charge on any atom is 0.200 e. The molecule has 0 saturated carbocycles. The molecular weight excluding hydrogens is 383 g/mol. The summed E-state index contributed by atoms with van der Waals surface area (Å²) in [6.07, 6.45) is 0.359. The molecule has 2 aromatic rings. The van der Waals surface area contributed by atoms with Gasteiger partial charge in [0.2, 0.25) is 5.82 Å². The molecule has 0 saturated heterocycles. The largest absolute Gasteiger partial charge is 0.364 e. The lowest BCUT2D eigenvalue weighted by Crippen LogP contribution is -2.15. The van der Waals surface area contributed by atoms with Gasteiger partial charge in [-0.15, -0.1) is 4.91 Å². The van der Waals surface area contributed by atoms with Gasteiger partial charge in [0.1, 0.15) is 11.5 Å². The van der Waals surface area contributed by atoms with Crippen LogP contribution in [0.3, 0.4) is 0 Å². The second-order valence-electron chi connectivity index (χ2n) is 4.70. The van der Waals surface area contributed by atoms with E-state index in [0.29, 0.717) is 42.4 Å². The van der Waals surface area contributed by atoms with Gasteiger partial charge in [-0.3, -0.25) is 0 Å². The van der Waals surface area contributed by atoms with Crippen LogP contribution >= 0.6 is 15.9 Å². The summed E-state index contributed by atoms with van der Waals surface area (Å²) in [5, 5.41) is 16.6. The van der Waals surface area contributed by atoms with Crippen LogP contribution in [-0.4, -0.2) is 23.4 Å². The fraction of sp³-hybridized carbons (Fsp3) is 0.286. The topological polar surface area (TPSA) is 118 Å². The number of anilines is 2. The van der Waals surface area contributed by atoms with Gasteiger partial charge in [-0.1, -0.05) is 6.92 Å². The Hall–Kier alpha value is -2.33. The maximum atomic E-state index is 13.4. The molecule has 0 unspecified atom stereocenters. The first kappa shape index (κ1) is 18.0. The quantitative estimate of drug-likeness (QED) is 0.583. The van der Waals surface area contributed by atoms with Gasteiger partial charge in [0.05, 0.1) is 10.2 Å². The molecule has 0 spiro atoms. The molecule has 4 N–H and O–H groups in total. The van der Waals surface area contributed by atoms with Crippen molar-refractivity contribution in [3.63, 3.8) is 0 Å².